The molecule has 1 saturated heterocycles. The van der Waals surface area contributed by atoms with Gasteiger partial charge in [0.15, 0.2) is 0 Å². The van der Waals surface area contributed by atoms with Gasteiger partial charge in [-0.2, -0.15) is 0 Å². The summed E-state index contributed by atoms with van der Waals surface area (Å²) < 4.78 is 5.26. The second-order valence-corrected chi connectivity index (χ2v) is 4.91. The third-order valence-corrected chi connectivity index (χ3v) is 3.65. The Morgan fingerprint density at radius 2 is 2.39 bits per heavy atom. The number of hydrogen-bond donors (Lipinski definition) is 2. The standard InChI is InChI=1S/C14H18N2O2/c17-14(10-6-8-18-9-10)16-13-5-1-4-12-11(13)3-2-7-15-12/h1,4-5,10,15H,2-3,6-9H2,(H,16,17). The Bertz CT molecular complexity index is 453. The molecule has 0 bridgehead atoms. The van der Waals surface area contributed by atoms with Crippen LogP contribution in [0.25, 0.3) is 0 Å². The van der Waals surface area contributed by atoms with E-state index in [0.717, 1.165) is 37.2 Å². The van der Waals surface area contributed by atoms with Crippen LogP contribution < -0.4 is 10.6 Å². The van der Waals surface area contributed by atoms with E-state index >= 15 is 0 Å². The summed E-state index contributed by atoms with van der Waals surface area (Å²) in [7, 11) is 0. The number of fused-ring (bicyclic) bond motifs is 1. The minimum atomic E-state index is 0.0115. The van der Waals surface area contributed by atoms with E-state index in [2.05, 4.69) is 16.7 Å². The monoisotopic (exact) mass is 246 g/mol. The van der Waals surface area contributed by atoms with Crippen molar-refractivity contribution in [2.75, 3.05) is 30.4 Å². The predicted octanol–water partition coefficient (Wildman–Crippen LogP) is 2.02. The van der Waals surface area contributed by atoms with E-state index in [4.69, 9.17) is 4.74 Å². The van der Waals surface area contributed by atoms with Crippen LogP contribution in [-0.4, -0.2) is 25.7 Å². The first-order valence-electron chi connectivity index (χ1n) is 6.59. The van der Waals surface area contributed by atoms with Gasteiger partial charge in [-0.15, -0.1) is 0 Å². The molecular formula is C14H18N2O2. The summed E-state index contributed by atoms with van der Waals surface area (Å²) in [6.45, 7) is 2.27. The smallest absolute Gasteiger partial charge is 0.229 e. The lowest BCUT2D eigenvalue weighted by molar-refractivity contribution is -0.119. The topological polar surface area (TPSA) is 50.4 Å². The van der Waals surface area contributed by atoms with E-state index in [1.807, 2.05) is 12.1 Å². The maximum atomic E-state index is 12.1. The van der Waals surface area contributed by atoms with E-state index in [1.54, 1.807) is 0 Å². The molecule has 96 valence electrons. The summed E-state index contributed by atoms with van der Waals surface area (Å²) in [4.78, 5) is 12.1. The fraction of sp³-hybridized carbons (Fsp3) is 0.500. The van der Waals surface area contributed by atoms with Crippen molar-refractivity contribution in [2.45, 2.75) is 19.3 Å². The van der Waals surface area contributed by atoms with E-state index in [1.165, 1.54) is 5.56 Å². The summed E-state index contributed by atoms with van der Waals surface area (Å²) >= 11 is 0. The summed E-state index contributed by atoms with van der Waals surface area (Å²) in [6, 6.07) is 6.04. The summed E-state index contributed by atoms with van der Waals surface area (Å²) in [5, 5.41) is 6.42. The van der Waals surface area contributed by atoms with Crippen molar-refractivity contribution in [3.63, 3.8) is 0 Å². The predicted molar refractivity (Wildman–Crippen MR) is 70.8 cm³/mol. The average molecular weight is 246 g/mol. The maximum absolute atomic E-state index is 12.1. The highest BCUT2D eigenvalue weighted by molar-refractivity contribution is 5.94. The van der Waals surface area contributed by atoms with Crippen LogP contribution in [0.15, 0.2) is 18.2 Å². The average Bonchev–Trinajstić information content (AvgIpc) is 2.93. The van der Waals surface area contributed by atoms with Crippen LogP contribution in [0.5, 0.6) is 0 Å². The molecule has 1 amide bonds. The molecule has 2 aliphatic heterocycles. The fourth-order valence-corrected chi connectivity index (χ4v) is 2.60. The number of carbonyl (C=O) groups is 1. The lowest BCUT2D eigenvalue weighted by atomic mass is 10.0. The number of anilines is 2. The van der Waals surface area contributed by atoms with Crippen LogP contribution in [-0.2, 0) is 16.0 Å². The van der Waals surface area contributed by atoms with Crippen molar-refractivity contribution in [3.05, 3.63) is 23.8 Å². The van der Waals surface area contributed by atoms with Crippen molar-refractivity contribution in [1.29, 1.82) is 0 Å². The summed E-state index contributed by atoms with van der Waals surface area (Å²) in [5.74, 6) is 0.101. The normalized spacial score (nSPS) is 22.1. The molecule has 0 spiro atoms. The van der Waals surface area contributed by atoms with Gasteiger partial charge in [-0.05, 0) is 37.0 Å². The molecule has 4 heteroatoms. The highest BCUT2D eigenvalue weighted by Gasteiger charge is 2.24. The Morgan fingerprint density at radius 1 is 1.44 bits per heavy atom. The SMILES string of the molecule is O=C(Nc1cccc2c1CCCN2)C1CCOC1. The van der Waals surface area contributed by atoms with E-state index in [0.29, 0.717) is 13.2 Å². The summed E-state index contributed by atoms with van der Waals surface area (Å²) in [6.07, 6.45) is 2.98. The van der Waals surface area contributed by atoms with Crippen LogP contribution >= 0.6 is 0 Å². The minimum Gasteiger partial charge on any atom is -0.385 e. The zero-order valence-corrected chi connectivity index (χ0v) is 10.4. The number of benzene rings is 1. The third kappa shape index (κ3) is 2.20. The fourth-order valence-electron chi connectivity index (χ4n) is 2.60. The molecule has 2 heterocycles. The lowest BCUT2D eigenvalue weighted by Gasteiger charge is -2.21. The largest absolute Gasteiger partial charge is 0.385 e. The Balaban J connectivity index is 1.77. The Labute approximate surface area is 107 Å². The molecule has 2 aliphatic rings. The Kier molecular flexibility index (Phi) is 3.19. The maximum Gasteiger partial charge on any atom is 0.229 e. The molecule has 3 rings (SSSR count). The first-order chi connectivity index (χ1) is 8.84. The molecule has 1 fully saturated rings. The first-order valence-corrected chi connectivity index (χ1v) is 6.59. The molecule has 1 aromatic carbocycles. The molecule has 2 N–H and O–H groups in total. The number of amides is 1. The second-order valence-electron chi connectivity index (χ2n) is 4.91. The molecule has 4 nitrogen and oxygen atoms in total. The van der Waals surface area contributed by atoms with Gasteiger partial charge in [0.1, 0.15) is 0 Å². The number of nitrogens with one attached hydrogen (secondary N) is 2. The van der Waals surface area contributed by atoms with Gasteiger partial charge in [-0.3, -0.25) is 4.79 Å². The van der Waals surface area contributed by atoms with Crippen LogP contribution in [0, 0.1) is 5.92 Å². The second kappa shape index (κ2) is 4.98. The number of hydrogen-bond acceptors (Lipinski definition) is 3. The van der Waals surface area contributed by atoms with Gasteiger partial charge >= 0.3 is 0 Å². The van der Waals surface area contributed by atoms with Gasteiger partial charge in [-0.25, -0.2) is 0 Å². The van der Waals surface area contributed by atoms with E-state index in [-0.39, 0.29) is 11.8 Å². The van der Waals surface area contributed by atoms with Gasteiger partial charge in [0.05, 0.1) is 12.5 Å². The minimum absolute atomic E-state index is 0.0115. The van der Waals surface area contributed by atoms with Crippen LogP contribution in [0.3, 0.4) is 0 Å². The molecule has 1 atom stereocenters. The zero-order chi connectivity index (χ0) is 12.4. The zero-order valence-electron chi connectivity index (χ0n) is 10.4. The molecule has 18 heavy (non-hydrogen) atoms. The van der Waals surface area contributed by atoms with Gasteiger partial charge in [-0.1, -0.05) is 6.07 Å². The van der Waals surface area contributed by atoms with Crippen molar-refractivity contribution in [2.24, 2.45) is 5.92 Å². The highest BCUT2D eigenvalue weighted by atomic mass is 16.5. The van der Waals surface area contributed by atoms with E-state index < -0.39 is 0 Å². The van der Waals surface area contributed by atoms with Gasteiger partial charge in [0.2, 0.25) is 5.91 Å². The van der Waals surface area contributed by atoms with Gasteiger partial charge < -0.3 is 15.4 Å². The third-order valence-electron chi connectivity index (χ3n) is 3.65. The molecule has 1 unspecified atom stereocenters. The van der Waals surface area contributed by atoms with Crippen molar-refractivity contribution < 1.29 is 9.53 Å². The van der Waals surface area contributed by atoms with Crippen LogP contribution in [0.1, 0.15) is 18.4 Å². The number of ether oxygens (including phenoxy) is 1. The van der Waals surface area contributed by atoms with Crippen molar-refractivity contribution in [3.8, 4) is 0 Å². The van der Waals surface area contributed by atoms with Crippen molar-refractivity contribution >= 4 is 17.3 Å². The molecular weight excluding hydrogens is 228 g/mol. The molecule has 0 aromatic heterocycles. The lowest BCUT2D eigenvalue weighted by Crippen LogP contribution is -2.24. The Hall–Kier alpha value is -1.55. The van der Waals surface area contributed by atoms with E-state index in [9.17, 15) is 4.79 Å². The van der Waals surface area contributed by atoms with Gasteiger partial charge in [0.25, 0.3) is 0 Å². The summed E-state index contributed by atoms with van der Waals surface area (Å²) in [5.41, 5.74) is 3.34. The van der Waals surface area contributed by atoms with Crippen LogP contribution in [0.4, 0.5) is 11.4 Å². The molecule has 0 saturated carbocycles. The number of rotatable bonds is 2. The highest BCUT2D eigenvalue weighted by Crippen LogP contribution is 2.29. The van der Waals surface area contributed by atoms with Crippen molar-refractivity contribution in [1.82, 2.24) is 0 Å². The molecule has 0 aliphatic carbocycles. The Morgan fingerprint density at radius 3 is 3.22 bits per heavy atom. The molecule has 0 radical (unpaired) electrons. The van der Waals surface area contributed by atoms with Gasteiger partial charge in [0, 0.05) is 24.5 Å². The number of carbonyl (C=O) groups excluding carboxylic acids is 1. The molecule has 1 aromatic rings. The quantitative estimate of drug-likeness (QED) is 0.839. The first kappa shape index (κ1) is 11.5. The van der Waals surface area contributed by atoms with Crippen LogP contribution in [0.2, 0.25) is 0 Å².